The Balaban J connectivity index is 1.48. The summed E-state index contributed by atoms with van der Waals surface area (Å²) in [7, 11) is 3.29. The second-order valence-corrected chi connectivity index (χ2v) is 11.2. The summed E-state index contributed by atoms with van der Waals surface area (Å²) in [6.07, 6.45) is 11.0. The van der Waals surface area contributed by atoms with Crippen LogP contribution in [0.25, 0.3) is 11.3 Å². The monoisotopic (exact) mass is 551 g/mol. The fraction of sp³-hybridized carbons (Fsp3) is 0.613. The van der Waals surface area contributed by atoms with Gasteiger partial charge in [-0.15, -0.1) is 0 Å². The normalized spacial score (nSPS) is 19.1. The smallest absolute Gasteiger partial charge is 0.224 e. The number of hydrogen-bond donors (Lipinski definition) is 2. The SMILES string of the molecule is CCC(=O)CCCCC[C@H](NC(=O)[C@H]1CC12CCN(CC)CC2)c1ncc(-c2cc(N)c(C=NC)cc2OC)o1. The van der Waals surface area contributed by atoms with Gasteiger partial charge in [-0.2, -0.15) is 0 Å². The van der Waals surface area contributed by atoms with Gasteiger partial charge in [-0.3, -0.25) is 14.6 Å². The summed E-state index contributed by atoms with van der Waals surface area (Å²) in [6.45, 7) is 7.30. The van der Waals surface area contributed by atoms with E-state index in [9.17, 15) is 9.59 Å². The minimum Gasteiger partial charge on any atom is -0.496 e. The third-order valence-electron chi connectivity index (χ3n) is 8.72. The second-order valence-electron chi connectivity index (χ2n) is 11.2. The van der Waals surface area contributed by atoms with E-state index in [1.54, 1.807) is 32.6 Å². The number of ketones is 1. The van der Waals surface area contributed by atoms with Crippen LogP contribution in [0.3, 0.4) is 0 Å². The van der Waals surface area contributed by atoms with Crippen LogP contribution in [0.4, 0.5) is 5.69 Å². The van der Waals surface area contributed by atoms with E-state index >= 15 is 0 Å². The number of nitrogens with zero attached hydrogens (tertiary/aromatic N) is 3. The highest BCUT2D eigenvalue weighted by atomic mass is 16.5. The van der Waals surface area contributed by atoms with Crippen LogP contribution in [-0.4, -0.2) is 61.6 Å². The number of oxazole rings is 1. The van der Waals surface area contributed by atoms with Gasteiger partial charge in [-0.05, 0) is 69.3 Å². The molecule has 1 aliphatic heterocycles. The number of carbonyl (C=O) groups is 2. The summed E-state index contributed by atoms with van der Waals surface area (Å²) in [5, 5.41) is 3.28. The Morgan fingerprint density at radius 2 is 2.05 bits per heavy atom. The average Bonchev–Trinajstić information content (AvgIpc) is 3.43. The molecule has 2 aliphatic rings. The molecule has 1 spiro atoms. The van der Waals surface area contributed by atoms with Crippen LogP contribution >= 0.6 is 0 Å². The first-order chi connectivity index (χ1) is 19.3. The highest BCUT2D eigenvalue weighted by Gasteiger charge is 2.58. The molecule has 1 amide bonds. The van der Waals surface area contributed by atoms with E-state index in [0.717, 1.165) is 63.7 Å². The zero-order valence-electron chi connectivity index (χ0n) is 24.5. The Labute approximate surface area is 238 Å². The molecular formula is C31H45N5O4. The molecule has 40 heavy (non-hydrogen) atoms. The summed E-state index contributed by atoms with van der Waals surface area (Å²) in [5.74, 6) is 2.05. The van der Waals surface area contributed by atoms with Gasteiger partial charge >= 0.3 is 0 Å². The topological polar surface area (TPSA) is 123 Å². The van der Waals surface area contributed by atoms with Crippen LogP contribution in [-0.2, 0) is 9.59 Å². The molecule has 4 rings (SSSR count). The molecule has 2 atom stereocenters. The minimum atomic E-state index is -0.341. The molecule has 2 fully saturated rings. The lowest BCUT2D eigenvalue weighted by Crippen LogP contribution is -2.37. The maximum Gasteiger partial charge on any atom is 0.224 e. The first-order valence-electron chi connectivity index (χ1n) is 14.7. The lowest BCUT2D eigenvalue weighted by Gasteiger charge is -2.32. The number of likely N-dealkylation sites (tertiary alicyclic amines) is 1. The fourth-order valence-electron chi connectivity index (χ4n) is 5.94. The summed E-state index contributed by atoms with van der Waals surface area (Å²) >= 11 is 0. The number of rotatable bonds is 14. The number of carbonyl (C=O) groups excluding carboxylic acids is 2. The number of ether oxygens (including phenoxy) is 1. The van der Waals surface area contributed by atoms with Gasteiger partial charge in [0.05, 0.1) is 18.9 Å². The van der Waals surface area contributed by atoms with Crippen molar-refractivity contribution in [2.75, 3.05) is 39.5 Å². The molecule has 218 valence electrons. The number of nitrogens with one attached hydrogen (secondary N) is 1. The molecule has 2 heterocycles. The van der Waals surface area contributed by atoms with E-state index in [1.165, 1.54) is 0 Å². The van der Waals surface area contributed by atoms with E-state index in [-0.39, 0.29) is 23.3 Å². The molecule has 1 aromatic heterocycles. The Bertz CT molecular complexity index is 1200. The zero-order valence-corrected chi connectivity index (χ0v) is 24.5. The van der Waals surface area contributed by atoms with Crippen molar-refractivity contribution in [1.82, 2.24) is 15.2 Å². The first-order valence-corrected chi connectivity index (χ1v) is 14.7. The number of benzene rings is 1. The van der Waals surface area contributed by atoms with E-state index in [0.29, 0.717) is 53.7 Å². The van der Waals surface area contributed by atoms with Gasteiger partial charge in [0, 0.05) is 43.3 Å². The number of piperidine rings is 1. The van der Waals surface area contributed by atoms with Crippen molar-refractivity contribution in [1.29, 1.82) is 0 Å². The van der Waals surface area contributed by atoms with Crippen molar-refractivity contribution in [2.24, 2.45) is 16.3 Å². The Morgan fingerprint density at radius 1 is 1.27 bits per heavy atom. The summed E-state index contributed by atoms with van der Waals surface area (Å²) in [6, 6.07) is 3.29. The summed E-state index contributed by atoms with van der Waals surface area (Å²) < 4.78 is 11.9. The van der Waals surface area contributed by atoms with Gasteiger partial charge in [0.15, 0.2) is 5.76 Å². The molecular weight excluding hydrogens is 506 g/mol. The van der Waals surface area contributed by atoms with Crippen molar-refractivity contribution in [3.63, 3.8) is 0 Å². The lowest BCUT2D eigenvalue weighted by atomic mass is 9.90. The number of aromatic nitrogens is 1. The highest BCUT2D eigenvalue weighted by Crippen LogP contribution is 2.59. The number of methoxy groups -OCH3 is 1. The summed E-state index contributed by atoms with van der Waals surface area (Å²) in [4.78, 5) is 36.3. The Morgan fingerprint density at radius 3 is 2.73 bits per heavy atom. The molecule has 2 aromatic rings. The molecule has 9 nitrogen and oxygen atoms in total. The molecule has 1 saturated carbocycles. The number of aliphatic imine (C=N–C) groups is 1. The minimum absolute atomic E-state index is 0.0540. The molecule has 0 bridgehead atoms. The number of amides is 1. The molecule has 3 N–H and O–H groups in total. The number of nitrogen functional groups attached to an aromatic ring is 1. The van der Waals surface area contributed by atoms with Crippen LogP contribution in [0.15, 0.2) is 27.7 Å². The van der Waals surface area contributed by atoms with E-state index in [1.807, 2.05) is 13.0 Å². The number of Topliss-reactive ketones (excluding diaryl/α,β-unsaturated/α-hetero) is 1. The van der Waals surface area contributed by atoms with Gasteiger partial charge in [0.1, 0.15) is 17.6 Å². The molecule has 0 radical (unpaired) electrons. The van der Waals surface area contributed by atoms with Crippen LogP contribution < -0.4 is 15.8 Å². The maximum atomic E-state index is 13.5. The van der Waals surface area contributed by atoms with Crippen LogP contribution in [0.5, 0.6) is 5.75 Å². The van der Waals surface area contributed by atoms with E-state index in [2.05, 4.69) is 27.1 Å². The van der Waals surface area contributed by atoms with E-state index in [4.69, 9.17) is 14.9 Å². The second kappa shape index (κ2) is 13.4. The number of hydrogen-bond acceptors (Lipinski definition) is 8. The van der Waals surface area contributed by atoms with Gasteiger partial charge in [0.2, 0.25) is 11.8 Å². The lowest BCUT2D eigenvalue weighted by molar-refractivity contribution is -0.124. The van der Waals surface area contributed by atoms with Gasteiger partial charge < -0.3 is 25.1 Å². The Kier molecular flexibility index (Phi) is 10.0. The predicted octanol–water partition coefficient (Wildman–Crippen LogP) is 5.19. The zero-order chi connectivity index (χ0) is 28.7. The quantitative estimate of drug-likeness (QED) is 0.188. The molecule has 1 aromatic carbocycles. The van der Waals surface area contributed by atoms with Crippen molar-refractivity contribution < 1.29 is 18.7 Å². The third-order valence-corrected chi connectivity index (χ3v) is 8.72. The standard InChI is InChI=1S/C31H45N5O4/c1-5-22(37)10-8-7-9-11-26(35-29(38)24-18-31(24)12-14-36(6-2)15-13-31)30-34-20-28(40-30)23-17-25(32)21(19-33-3)16-27(23)39-4/h16-17,19-20,24,26H,5-15,18,32H2,1-4H3,(H,35,38)/t24-,26+/m1/s1. The fourth-order valence-corrected chi connectivity index (χ4v) is 5.94. The van der Waals surface area contributed by atoms with Crippen molar-refractivity contribution in [2.45, 2.75) is 77.7 Å². The molecule has 1 saturated heterocycles. The number of nitrogens with two attached hydrogens (primary N) is 1. The van der Waals surface area contributed by atoms with Crippen LogP contribution in [0, 0.1) is 11.3 Å². The van der Waals surface area contributed by atoms with Crippen molar-refractivity contribution in [3.05, 3.63) is 29.8 Å². The number of anilines is 1. The molecule has 9 heteroatoms. The van der Waals surface area contributed by atoms with Crippen LogP contribution in [0.1, 0.15) is 89.1 Å². The molecule has 0 unspecified atom stereocenters. The van der Waals surface area contributed by atoms with Crippen LogP contribution in [0.2, 0.25) is 0 Å². The first kappa shape index (κ1) is 29.8. The molecule has 1 aliphatic carbocycles. The number of unbranched alkanes of at least 4 members (excludes halogenated alkanes) is 2. The Hall–Kier alpha value is -3.20. The van der Waals surface area contributed by atoms with Gasteiger partial charge in [-0.25, -0.2) is 4.98 Å². The van der Waals surface area contributed by atoms with Crippen molar-refractivity contribution in [3.8, 4) is 17.1 Å². The van der Waals surface area contributed by atoms with Gasteiger partial charge in [-0.1, -0.05) is 26.7 Å². The van der Waals surface area contributed by atoms with Gasteiger partial charge in [0.25, 0.3) is 0 Å². The largest absolute Gasteiger partial charge is 0.496 e. The van der Waals surface area contributed by atoms with Crippen molar-refractivity contribution >= 4 is 23.6 Å². The maximum absolute atomic E-state index is 13.5. The summed E-state index contributed by atoms with van der Waals surface area (Å²) in [5.41, 5.74) is 8.42. The van der Waals surface area contributed by atoms with E-state index < -0.39 is 0 Å². The highest BCUT2D eigenvalue weighted by molar-refractivity contribution is 5.90. The predicted molar refractivity (Wildman–Crippen MR) is 158 cm³/mol. The average molecular weight is 552 g/mol. The third kappa shape index (κ3) is 6.92.